The van der Waals surface area contributed by atoms with Gasteiger partial charge in [-0.05, 0) is 74.0 Å². The highest BCUT2D eigenvalue weighted by Gasteiger charge is 2.35. The van der Waals surface area contributed by atoms with Gasteiger partial charge in [-0.15, -0.1) is 0 Å². The van der Waals surface area contributed by atoms with E-state index < -0.39 is 0 Å². The van der Waals surface area contributed by atoms with Gasteiger partial charge in [-0.3, -0.25) is 4.57 Å². The van der Waals surface area contributed by atoms with Crippen molar-refractivity contribution in [2.45, 2.75) is 19.3 Å². The van der Waals surface area contributed by atoms with Crippen LogP contribution in [-0.4, -0.2) is 14.5 Å². The minimum absolute atomic E-state index is 0.0622. The van der Waals surface area contributed by atoms with E-state index in [1.165, 1.54) is 54.9 Å². The second-order valence-electron chi connectivity index (χ2n) is 15.0. The third-order valence-electron chi connectivity index (χ3n) is 11.6. The average molecular weight is 690 g/mol. The largest absolute Gasteiger partial charge is 0.277 e. The number of fused-ring (bicyclic) bond motifs is 9. The van der Waals surface area contributed by atoms with Crippen molar-refractivity contribution in [3.05, 3.63) is 187 Å². The second-order valence-corrected chi connectivity index (χ2v) is 15.0. The highest BCUT2D eigenvalue weighted by atomic mass is 15.2. The number of rotatable bonds is 4. The minimum Gasteiger partial charge on any atom is -0.277 e. The molecule has 0 amide bonds. The molecule has 0 bridgehead atoms. The fourth-order valence-electron chi connectivity index (χ4n) is 9.01. The topological polar surface area (TPSA) is 30.7 Å². The molecule has 0 fully saturated rings. The molecule has 11 rings (SSSR count). The maximum Gasteiger partial charge on any atom is 0.235 e. The van der Waals surface area contributed by atoms with Crippen molar-refractivity contribution in [3.8, 4) is 50.6 Å². The lowest BCUT2D eigenvalue weighted by atomic mass is 9.81. The summed E-state index contributed by atoms with van der Waals surface area (Å²) < 4.78 is 2.30. The van der Waals surface area contributed by atoms with E-state index in [2.05, 4.69) is 194 Å². The zero-order valence-electron chi connectivity index (χ0n) is 30.1. The summed E-state index contributed by atoms with van der Waals surface area (Å²) in [6.07, 6.45) is 0. The lowest BCUT2D eigenvalue weighted by Gasteiger charge is -2.22. The first-order valence-corrected chi connectivity index (χ1v) is 18.7. The van der Waals surface area contributed by atoms with Gasteiger partial charge in [0.1, 0.15) is 0 Å². The van der Waals surface area contributed by atoms with Crippen LogP contribution in [-0.2, 0) is 5.41 Å². The summed E-state index contributed by atoms with van der Waals surface area (Å²) in [6.45, 7) is 4.69. The highest BCUT2D eigenvalue weighted by molar-refractivity contribution is 6.23. The van der Waals surface area contributed by atoms with Gasteiger partial charge in [0.05, 0.1) is 22.2 Å². The Morgan fingerprint density at radius 2 is 1.11 bits per heavy atom. The Labute approximate surface area is 313 Å². The van der Waals surface area contributed by atoms with E-state index in [1.807, 2.05) is 0 Å². The summed E-state index contributed by atoms with van der Waals surface area (Å²) in [6, 6.07) is 63.5. The summed E-state index contributed by atoms with van der Waals surface area (Å²) in [5.41, 5.74) is 15.2. The van der Waals surface area contributed by atoms with Gasteiger partial charge < -0.3 is 0 Å². The average Bonchev–Trinajstić information content (AvgIpc) is 3.69. The van der Waals surface area contributed by atoms with Gasteiger partial charge in [0, 0.05) is 32.7 Å². The summed E-state index contributed by atoms with van der Waals surface area (Å²) >= 11 is 0. The van der Waals surface area contributed by atoms with Crippen LogP contribution in [0.5, 0.6) is 0 Å². The first kappa shape index (κ1) is 30.8. The van der Waals surface area contributed by atoms with Crippen molar-refractivity contribution in [3.63, 3.8) is 0 Å². The lowest BCUT2D eigenvalue weighted by Crippen LogP contribution is -2.14. The van der Waals surface area contributed by atoms with Crippen LogP contribution in [0.25, 0.3) is 94.1 Å². The van der Waals surface area contributed by atoms with Crippen molar-refractivity contribution in [1.29, 1.82) is 0 Å². The van der Waals surface area contributed by atoms with Crippen molar-refractivity contribution < 1.29 is 0 Å². The van der Waals surface area contributed by atoms with Crippen LogP contribution >= 0.6 is 0 Å². The fourth-order valence-corrected chi connectivity index (χ4v) is 9.01. The van der Waals surface area contributed by atoms with E-state index in [0.717, 1.165) is 44.3 Å². The van der Waals surface area contributed by atoms with Crippen molar-refractivity contribution in [1.82, 2.24) is 14.5 Å². The summed E-state index contributed by atoms with van der Waals surface area (Å²) in [4.78, 5) is 10.7. The molecule has 10 aromatic rings. The number of para-hydroxylation sites is 2. The van der Waals surface area contributed by atoms with Crippen LogP contribution < -0.4 is 0 Å². The molecule has 3 heteroatoms. The molecule has 8 aromatic carbocycles. The molecule has 0 saturated carbocycles. The zero-order valence-corrected chi connectivity index (χ0v) is 30.1. The Morgan fingerprint density at radius 1 is 0.444 bits per heavy atom. The van der Waals surface area contributed by atoms with Crippen LogP contribution in [0.15, 0.2) is 176 Å². The SMILES string of the molecule is CC1(C)c2ccccc2-c2ccc(-c3cccc(-c4cccc5c6c7ccccc7ccc6n(-c6nc(-c7ccccc7)c7ccccc7n6)c45)c3)cc21. The van der Waals surface area contributed by atoms with Crippen molar-refractivity contribution in [2.75, 3.05) is 0 Å². The Bertz CT molecular complexity index is 3130. The maximum absolute atomic E-state index is 5.41. The standard InChI is InChI=1S/C51H35N3/c1-51(2)43-24-10-8-20-39(43)40-28-26-35(31-44(40)51)34-17-12-18-36(30-34)38-22-13-23-42-47-37-19-7-6-14-32(37)27-29-46(47)54(49(38)42)50-52-45-25-11-9-21-41(45)48(53-50)33-15-4-3-5-16-33/h3-31H,1-2H3. The smallest absolute Gasteiger partial charge is 0.235 e. The van der Waals surface area contributed by atoms with E-state index in [1.54, 1.807) is 0 Å². The van der Waals surface area contributed by atoms with E-state index in [-0.39, 0.29) is 5.41 Å². The molecular formula is C51H35N3. The third kappa shape index (κ3) is 4.48. The molecule has 2 aromatic heterocycles. The van der Waals surface area contributed by atoms with Crippen LogP contribution in [0.3, 0.4) is 0 Å². The molecule has 3 nitrogen and oxygen atoms in total. The number of hydrogen-bond acceptors (Lipinski definition) is 2. The first-order chi connectivity index (χ1) is 26.5. The molecule has 0 N–H and O–H groups in total. The van der Waals surface area contributed by atoms with E-state index in [0.29, 0.717) is 5.95 Å². The van der Waals surface area contributed by atoms with E-state index in [4.69, 9.17) is 9.97 Å². The predicted octanol–water partition coefficient (Wildman–Crippen LogP) is 13.2. The van der Waals surface area contributed by atoms with E-state index in [9.17, 15) is 0 Å². The Kier molecular flexibility index (Phi) is 6.60. The van der Waals surface area contributed by atoms with Crippen LogP contribution in [0.4, 0.5) is 0 Å². The predicted molar refractivity (Wildman–Crippen MR) is 225 cm³/mol. The summed E-state index contributed by atoms with van der Waals surface area (Å²) in [5, 5.41) is 5.85. The van der Waals surface area contributed by atoms with E-state index >= 15 is 0 Å². The van der Waals surface area contributed by atoms with Gasteiger partial charge in [-0.25, -0.2) is 9.97 Å². The number of nitrogens with zero attached hydrogens (tertiary/aromatic N) is 3. The maximum atomic E-state index is 5.41. The molecule has 0 unspecified atom stereocenters. The van der Waals surface area contributed by atoms with Gasteiger partial charge in [0.25, 0.3) is 0 Å². The number of aromatic nitrogens is 3. The monoisotopic (exact) mass is 689 g/mol. The van der Waals surface area contributed by atoms with Crippen LogP contribution in [0, 0.1) is 0 Å². The van der Waals surface area contributed by atoms with Gasteiger partial charge in [-0.1, -0.05) is 166 Å². The fraction of sp³-hybridized carbons (Fsp3) is 0.0588. The highest BCUT2D eigenvalue weighted by Crippen LogP contribution is 2.50. The Balaban J connectivity index is 1.17. The molecule has 254 valence electrons. The number of benzene rings is 8. The molecule has 0 aliphatic heterocycles. The molecule has 0 spiro atoms. The lowest BCUT2D eigenvalue weighted by molar-refractivity contribution is 0.660. The van der Waals surface area contributed by atoms with Crippen LogP contribution in [0.1, 0.15) is 25.0 Å². The van der Waals surface area contributed by atoms with Crippen molar-refractivity contribution in [2.24, 2.45) is 0 Å². The molecular weight excluding hydrogens is 655 g/mol. The molecule has 1 aliphatic carbocycles. The Hall–Kier alpha value is -6.84. The molecule has 0 atom stereocenters. The summed E-state index contributed by atoms with van der Waals surface area (Å²) in [7, 11) is 0. The van der Waals surface area contributed by atoms with Gasteiger partial charge in [0.15, 0.2) is 0 Å². The zero-order chi connectivity index (χ0) is 36.0. The van der Waals surface area contributed by atoms with Gasteiger partial charge in [0.2, 0.25) is 5.95 Å². The first-order valence-electron chi connectivity index (χ1n) is 18.7. The molecule has 54 heavy (non-hydrogen) atoms. The molecule has 2 heterocycles. The third-order valence-corrected chi connectivity index (χ3v) is 11.6. The van der Waals surface area contributed by atoms with Crippen LogP contribution in [0.2, 0.25) is 0 Å². The number of hydrogen-bond donors (Lipinski definition) is 0. The normalized spacial score (nSPS) is 13.1. The quantitative estimate of drug-likeness (QED) is 0.184. The second kappa shape index (κ2) is 11.6. The molecule has 1 aliphatic rings. The van der Waals surface area contributed by atoms with Gasteiger partial charge >= 0.3 is 0 Å². The Morgan fingerprint density at radius 3 is 2.02 bits per heavy atom. The molecule has 0 saturated heterocycles. The summed E-state index contributed by atoms with van der Waals surface area (Å²) in [5.74, 6) is 0.659. The molecule has 0 radical (unpaired) electrons. The minimum atomic E-state index is -0.0622. The van der Waals surface area contributed by atoms with Gasteiger partial charge in [-0.2, -0.15) is 0 Å². The van der Waals surface area contributed by atoms with Crippen molar-refractivity contribution >= 4 is 43.5 Å².